The molecule has 63 heavy (non-hydrogen) atoms. The van der Waals surface area contributed by atoms with Crippen LogP contribution in [0.1, 0.15) is 39.4 Å². The first-order valence-electron chi connectivity index (χ1n) is 19.6. The summed E-state index contributed by atoms with van der Waals surface area (Å²) in [7, 11) is 3.22. The fourth-order valence-electron chi connectivity index (χ4n) is 6.67. The number of methoxy groups -OCH3 is 2. The number of nitrogens with one attached hydrogen (secondary N) is 1. The van der Waals surface area contributed by atoms with Gasteiger partial charge in [0.15, 0.2) is 23.2 Å². The molecule has 0 bridgehead atoms. The van der Waals surface area contributed by atoms with Crippen LogP contribution in [0.2, 0.25) is 0 Å². The Balaban J connectivity index is 0.992. The van der Waals surface area contributed by atoms with Gasteiger partial charge in [0.1, 0.15) is 41.6 Å². The summed E-state index contributed by atoms with van der Waals surface area (Å²) in [6.45, 7) is 0.144. The number of anilines is 1. The van der Waals surface area contributed by atoms with E-state index in [1.807, 2.05) is 140 Å². The number of aromatic nitrogens is 4. The Morgan fingerprint density at radius 2 is 1.25 bits per heavy atom. The van der Waals surface area contributed by atoms with Crippen LogP contribution in [0, 0.1) is 0 Å². The molecule has 0 aliphatic carbocycles. The number of pyridine rings is 1. The van der Waals surface area contributed by atoms with Crippen LogP contribution >= 0.6 is 11.3 Å². The SMILES string of the molecule is COc1ccc(COc2cnc(-c3nnc(CO/N=C(\C(=O)O)c4csc(NC(c5ccccc5)(c5ccccc5)c5ccccc5)n4)o3)cc2OCc2ccc(OC)cc2)cc1. The monoisotopic (exact) mass is 860 g/mol. The Kier molecular flexibility index (Phi) is 12.9. The third kappa shape index (κ3) is 9.79. The van der Waals surface area contributed by atoms with Gasteiger partial charge in [-0.15, -0.1) is 21.5 Å². The third-order valence-corrected chi connectivity index (χ3v) is 10.6. The highest BCUT2D eigenvalue weighted by molar-refractivity contribution is 7.14. The van der Waals surface area contributed by atoms with Gasteiger partial charge in [0.05, 0.1) is 20.4 Å². The van der Waals surface area contributed by atoms with Crippen molar-refractivity contribution in [3.8, 4) is 34.6 Å². The molecule has 0 radical (unpaired) electrons. The normalized spacial score (nSPS) is 11.4. The molecule has 0 atom stereocenters. The van der Waals surface area contributed by atoms with Gasteiger partial charge < -0.3 is 38.6 Å². The van der Waals surface area contributed by atoms with Crippen molar-refractivity contribution in [2.24, 2.45) is 5.16 Å². The van der Waals surface area contributed by atoms with Gasteiger partial charge in [-0.25, -0.2) is 14.8 Å². The van der Waals surface area contributed by atoms with Crippen molar-refractivity contribution in [1.82, 2.24) is 20.2 Å². The van der Waals surface area contributed by atoms with Gasteiger partial charge in [0.2, 0.25) is 5.71 Å². The van der Waals surface area contributed by atoms with E-state index >= 15 is 0 Å². The van der Waals surface area contributed by atoms with Crippen molar-refractivity contribution in [3.05, 3.63) is 197 Å². The molecule has 14 nitrogen and oxygen atoms in total. The van der Waals surface area contributed by atoms with E-state index in [1.165, 1.54) is 17.5 Å². The highest BCUT2D eigenvalue weighted by atomic mass is 32.1. The van der Waals surface area contributed by atoms with Crippen LogP contribution in [-0.2, 0) is 35.0 Å². The minimum absolute atomic E-state index is 0.0276. The van der Waals surface area contributed by atoms with Crippen LogP contribution in [0.3, 0.4) is 0 Å². The van der Waals surface area contributed by atoms with Crippen molar-refractivity contribution in [1.29, 1.82) is 0 Å². The third-order valence-electron chi connectivity index (χ3n) is 9.83. The number of carboxylic acid groups (broad SMARTS) is 1. The van der Waals surface area contributed by atoms with E-state index in [4.69, 9.17) is 28.2 Å². The van der Waals surface area contributed by atoms with E-state index in [9.17, 15) is 9.90 Å². The first-order chi connectivity index (χ1) is 30.9. The smallest absolute Gasteiger partial charge is 0.360 e. The predicted molar refractivity (Wildman–Crippen MR) is 236 cm³/mol. The summed E-state index contributed by atoms with van der Waals surface area (Å²) < 4.78 is 28.8. The molecule has 0 spiro atoms. The van der Waals surface area contributed by atoms with Crippen LogP contribution < -0.4 is 24.3 Å². The zero-order chi connectivity index (χ0) is 43.4. The number of carbonyl (C=O) groups is 1. The maximum Gasteiger partial charge on any atom is 0.360 e. The highest BCUT2D eigenvalue weighted by Gasteiger charge is 2.37. The first-order valence-corrected chi connectivity index (χ1v) is 20.5. The lowest BCUT2D eigenvalue weighted by molar-refractivity contribution is -0.129. The Bertz CT molecular complexity index is 2670. The lowest BCUT2D eigenvalue weighted by Gasteiger charge is -2.36. The molecule has 0 saturated heterocycles. The Labute approximate surface area is 366 Å². The number of rotatable bonds is 19. The molecular formula is C48H40N6O8S. The number of hydrogen-bond donors (Lipinski definition) is 2. The number of thiazole rings is 1. The second kappa shape index (κ2) is 19.6. The largest absolute Gasteiger partial charge is 0.497 e. The van der Waals surface area contributed by atoms with Crippen LogP contribution in [0.5, 0.6) is 23.0 Å². The zero-order valence-electron chi connectivity index (χ0n) is 34.1. The second-order valence-electron chi connectivity index (χ2n) is 13.8. The van der Waals surface area contributed by atoms with Gasteiger partial charge in [-0.1, -0.05) is 120 Å². The number of ether oxygens (including phenoxy) is 4. The molecular weight excluding hydrogens is 821 g/mol. The molecule has 316 valence electrons. The van der Waals surface area contributed by atoms with E-state index in [-0.39, 0.29) is 37.3 Å². The maximum absolute atomic E-state index is 12.5. The Morgan fingerprint density at radius 3 is 1.78 bits per heavy atom. The summed E-state index contributed by atoms with van der Waals surface area (Å²) in [5.74, 6) is 1.02. The lowest BCUT2D eigenvalue weighted by atomic mass is 9.77. The second-order valence-corrected chi connectivity index (χ2v) is 14.7. The molecule has 2 N–H and O–H groups in total. The fraction of sp³-hybridized carbons (Fsp3) is 0.125. The molecule has 0 unspecified atom stereocenters. The van der Waals surface area contributed by atoms with Crippen molar-refractivity contribution < 1.29 is 38.1 Å². The molecule has 0 saturated carbocycles. The van der Waals surface area contributed by atoms with Gasteiger partial charge >= 0.3 is 5.97 Å². The summed E-state index contributed by atoms with van der Waals surface area (Å²) in [5, 5.41) is 28.1. The van der Waals surface area contributed by atoms with E-state index in [0.717, 1.165) is 39.3 Å². The summed E-state index contributed by atoms with van der Waals surface area (Å²) in [5.41, 5.74) is 3.86. The van der Waals surface area contributed by atoms with Crippen molar-refractivity contribution in [3.63, 3.8) is 0 Å². The number of benzene rings is 5. The maximum atomic E-state index is 12.5. The van der Waals surface area contributed by atoms with Crippen LogP contribution in [0.15, 0.2) is 167 Å². The summed E-state index contributed by atoms with van der Waals surface area (Å²) in [6.07, 6.45) is 1.52. The Morgan fingerprint density at radius 1 is 0.714 bits per heavy atom. The topological polar surface area (TPSA) is 173 Å². The average Bonchev–Trinajstić information content (AvgIpc) is 4.02. The minimum Gasteiger partial charge on any atom is -0.497 e. The van der Waals surface area contributed by atoms with Crippen molar-refractivity contribution in [2.45, 2.75) is 25.4 Å². The number of carboxylic acids is 1. The highest BCUT2D eigenvalue weighted by Crippen LogP contribution is 2.41. The number of nitrogens with zero attached hydrogens (tertiary/aromatic N) is 5. The molecule has 5 aromatic carbocycles. The molecule has 0 aliphatic rings. The van der Waals surface area contributed by atoms with E-state index in [0.29, 0.717) is 22.3 Å². The number of aliphatic carboxylic acids is 1. The van der Waals surface area contributed by atoms with Gasteiger partial charge in [0, 0.05) is 11.4 Å². The number of hydrogen-bond acceptors (Lipinski definition) is 14. The molecule has 8 aromatic rings. The van der Waals surface area contributed by atoms with Gasteiger partial charge in [-0.05, 0) is 52.1 Å². The van der Waals surface area contributed by atoms with E-state index in [2.05, 4.69) is 30.6 Å². The average molecular weight is 861 g/mol. The van der Waals surface area contributed by atoms with Crippen LogP contribution in [0.4, 0.5) is 5.13 Å². The summed E-state index contributed by atoms with van der Waals surface area (Å²) >= 11 is 1.25. The van der Waals surface area contributed by atoms with Crippen LogP contribution in [0.25, 0.3) is 11.6 Å². The lowest BCUT2D eigenvalue weighted by Crippen LogP contribution is -2.38. The molecule has 8 rings (SSSR count). The molecule has 0 aliphatic heterocycles. The zero-order valence-corrected chi connectivity index (χ0v) is 34.9. The quantitative estimate of drug-likeness (QED) is 0.0448. The molecule has 15 heteroatoms. The summed E-state index contributed by atoms with van der Waals surface area (Å²) in [4.78, 5) is 27.2. The van der Waals surface area contributed by atoms with E-state index < -0.39 is 17.2 Å². The number of oxime groups is 1. The standard InChI is InChI=1S/C48H40N6O8S/c1-57-37-22-18-32(19-23-37)28-59-41-26-39(49-27-42(41)60-29-33-20-24-38(58-2)25-21-33)45-53-52-43(62-45)30-61-54-44(46(55)56)40-31-63-47(50-40)51-48(34-12-6-3-7-13-34,35-14-8-4-9-15-35)36-16-10-5-11-17-36/h3-27,31H,28-30H2,1-2H3,(H,50,51)(H,55,56)/b54-44-. The minimum atomic E-state index is -1.33. The van der Waals surface area contributed by atoms with Crippen molar-refractivity contribution >= 4 is 28.1 Å². The first kappa shape index (κ1) is 41.7. The van der Waals surface area contributed by atoms with Gasteiger partial charge in [-0.2, -0.15) is 0 Å². The molecule has 3 aromatic heterocycles. The Hall–Kier alpha value is -8.04. The van der Waals surface area contributed by atoms with E-state index in [1.54, 1.807) is 25.7 Å². The fourth-order valence-corrected chi connectivity index (χ4v) is 7.42. The molecule has 0 amide bonds. The van der Waals surface area contributed by atoms with Gasteiger partial charge in [-0.3, -0.25) is 0 Å². The predicted octanol–water partition coefficient (Wildman–Crippen LogP) is 9.17. The summed E-state index contributed by atoms with van der Waals surface area (Å²) in [6, 6.07) is 46.7. The molecule has 0 fully saturated rings. The van der Waals surface area contributed by atoms with Crippen LogP contribution in [-0.4, -0.2) is 51.2 Å². The van der Waals surface area contributed by atoms with Gasteiger partial charge in [0.25, 0.3) is 11.8 Å². The van der Waals surface area contributed by atoms with Crippen molar-refractivity contribution in [2.75, 3.05) is 19.5 Å². The molecule has 3 heterocycles.